The van der Waals surface area contributed by atoms with Crippen LogP contribution < -0.4 is 10.6 Å². The summed E-state index contributed by atoms with van der Waals surface area (Å²) < 4.78 is 1.53. The average molecular weight is 306 g/mol. The molecule has 8 nitrogen and oxygen atoms in total. The van der Waals surface area contributed by atoms with Gasteiger partial charge in [0.05, 0.1) is 0 Å². The van der Waals surface area contributed by atoms with Crippen molar-refractivity contribution in [1.82, 2.24) is 29.7 Å². The van der Waals surface area contributed by atoms with Crippen LogP contribution in [0.3, 0.4) is 0 Å². The third kappa shape index (κ3) is 3.60. The lowest BCUT2D eigenvalue weighted by atomic mass is 10.1. The second-order valence-electron chi connectivity index (χ2n) is 4.76. The Bertz CT molecular complexity index is 567. The smallest absolute Gasteiger partial charge is 0.258 e. The van der Waals surface area contributed by atoms with E-state index in [1.165, 1.54) is 28.9 Å². The predicted octanol–water partition coefficient (Wildman–Crippen LogP) is 1.05. The summed E-state index contributed by atoms with van der Waals surface area (Å²) >= 11 is 2.00. The first kappa shape index (κ1) is 14.1. The van der Waals surface area contributed by atoms with Gasteiger partial charge in [-0.15, -0.1) is 0 Å². The van der Waals surface area contributed by atoms with Crippen LogP contribution in [0.4, 0.5) is 11.9 Å². The van der Waals surface area contributed by atoms with E-state index < -0.39 is 0 Å². The lowest BCUT2D eigenvalue weighted by Gasteiger charge is -2.11. The molecule has 2 N–H and O–H groups in total. The van der Waals surface area contributed by atoms with Gasteiger partial charge in [-0.1, -0.05) is 0 Å². The maximum absolute atomic E-state index is 4.40. The van der Waals surface area contributed by atoms with Crippen molar-refractivity contribution >= 4 is 23.7 Å². The lowest BCUT2D eigenvalue weighted by Crippen LogP contribution is -2.17. The molecule has 3 rings (SSSR count). The third-order valence-electron chi connectivity index (χ3n) is 3.16. The second kappa shape index (κ2) is 6.70. The Morgan fingerprint density at radius 1 is 1.29 bits per heavy atom. The van der Waals surface area contributed by atoms with Crippen molar-refractivity contribution in [2.45, 2.75) is 13.3 Å². The predicted molar refractivity (Wildman–Crippen MR) is 82.8 cm³/mol. The maximum Gasteiger partial charge on any atom is 0.258 e. The highest BCUT2D eigenvalue weighted by atomic mass is 32.2. The zero-order chi connectivity index (χ0) is 14.5. The normalized spacial score (nSPS) is 17.9. The third-order valence-corrected chi connectivity index (χ3v) is 4.39. The molecule has 1 unspecified atom stereocenters. The molecule has 0 amide bonds. The molecule has 0 aliphatic carbocycles. The first-order valence-electron chi connectivity index (χ1n) is 7.01. The molecule has 0 bridgehead atoms. The minimum atomic E-state index is 0.460. The van der Waals surface area contributed by atoms with E-state index in [4.69, 9.17) is 0 Å². The molecule has 1 aliphatic heterocycles. The van der Waals surface area contributed by atoms with Crippen LogP contribution >= 0.6 is 11.8 Å². The van der Waals surface area contributed by atoms with Gasteiger partial charge in [-0.3, -0.25) is 0 Å². The summed E-state index contributed by atoms with van der Waals surface area (Å²) in [4.78, 5) is 17.0. The molecule has 0 aromatic carbocycles. The minimum Gasteiger partial charge on any atom is -0.354 e. The highest BCUT2D eigenvalue weighted by molar-refractivity contribution is 7.99. The van der Waals surface area contributed by atoms with E-state index >= 15 is 0 Å². The van der Waals surface area contributed by atoms with Gasteiger partial charge >= 0.3 is 0 Å². The van der Waals surface area contributed by atoms with Crippen LogP contribution in [0.2, 0.25) is 0 Å². The molecule has 2 aromatic heterocycles. The van der Waals surface area contributed by atoms with Crippen molar-refractivity contribution in [3.63, 3.8) is 0 Å². The van der Waals surface area contributed by atoms with E-state index in [0.717, 1.165) is 13.1 Å². The van der Waals surface area contributed by atoms with Gasteiger partial charge in [-0.25, -0.2) is 4.98 Å². The summed E-state index contributed by atoms with van der Waals surface area (Å²) in [7, 11) is 0. The topological polar surface area (TPSA) is 93.4 Å². The molecule has 1 aliphatic rings. The number of hydrogen-bond donors (Lipinski definition) is 2. The molecule has 3 heterocycles. The second-order valence-corrected chi connectivity index (χ2v) is 5.91. The molecular formula is C12H18N8S. The zero-order valence-electron chi connectivity index (χ0n) is 11.9. The van der Waals surface area contributed by atoms with E-state index in [1.54, 1.807) is 6.33 Å². The van der Waals surface area contributed by atoms with Crippen LogP contribution in [-0.2, 0) is 0 Å². The quantitative estimate of drug-likeness (QED) is 0.818. The number of anilines is 2. The largest absolute Gasteiger partial charge is 0.354 e. The van der Waals surface area contributed by atoms with Gasteiger partial charge in [-0.05, 0) is 30.8 Å². The van der Waals surface area contributed by atoms with Gasteiger partial charge in [0.1, 0.15) is 12.7 Å². The molecular weight excluding hydrogens is 288 g/mol. The fourth-order valence-electron chi connectivity index (χ4n) is 2.07. The average Bonchev–Trinajstić information content (AvgIpc) is 3.19. The van der Waals surface area contributed by atoms with Crippen molar-refractivity contribution in [3.05, 3.63) is 12.7 Å². The summed E-state index contributed by atoms with van der Waals surface area (Å²) in [6, 6.07) is 0. The van der Waals surface area contributed by atoms with Crippen LogP contribution in [0.15, 0.2) is 12.7 Å². The van der Waals surface area contributed by atoms with Crippen molar-refractivity contribution < 1.29 is 0 Å². The number of nitrogens with one attached hydrogen (secondary N) is 2. The molecule has 2 aromatic rings. The Morgan fingerprint density at radius 2 is 2.14 bits per heavy atom. The molecule has 0 saturated carbocycles. The van der Waals surface area contributed by atoms with E-state index in [9.17, 15) is 0 Å². The van der Waals surface area contributed by atoms with Crippen molar-refractivity contribution in [2.75, 3.05) is 35.2 Å². The van der Waals surface area contributed by atoms with Crippen LogP contribution in [-0.4, -0.2) is 54.3 Å². The molecule has 0 radical (unpaired) electrons. The summed E-state index contributed by atoms with van der Waals surface area (Å²) in [5.41, 5.74) is 0. The summed E-state index contributed by atoms with van der Waals surface area (Å²) in [6.45, 7) is 3.64. The fourth-order valence-corrected chi connectivity index (χ4v) is 3.36. The number of aromatic nitrogens is 6. The SMILES string of the molecule is CCNc1nc(NCC2CCSC2)nc(-n2cncn2)n1. The van der Waals surface area contributed by atoms with Crippen molar-refractivity contribution in [3.8, 4) is 5.95 Å². The maximum atomic E-state index is 4.40. The first-order valence-corrected chi connectivity index (χ1v) is 8.17. The molecule has 1 fully saturated rings. The van der Waals surface area contributed by atoms with E-state index in [-0.39, 0.29) is 0 Å². The number of thioether (sulfide) groups is 1. The van der Waals surface area contributed by atoms with Crippen LogP contribution in [0.25, 0.3) is 5.95 Å². The Morgan fingerprint density at radius 3 is 2.81 bits per heavy atom. The number of rotatable bonds is 6. The Balaban J connectivity index is 1.77. The van der Waals surface area contributed by atoms with Crippen LogP contribution in [0.1, 0.15) is 13.3 Å². The fraction of sp³-hybridized carbons (Fsp3) is 0.583. The zero-order valence-corrected chi connectivity index (χ0v) is 12.7. The van der Waals surface area contributed by atoms with E-state index in [2.05, 4.69) is 35.7 Å². The summed E-state index contributed by atoms with van der Waals surface area (Å²) in [6.07, 6.45) is 4.28. The van der Waals surface area contributed by atoms with Gasteiger partial charge in [0.2, 0.25) is 11.9 Å². The van der Waals surface area contributed by atoms with Gasteiger partial charge in [-0.2, -0.15) is 36.5 Å². The molecule has 0 spiro atoms. The van der Waals surface area contributed by atoms with E-state index in [1.807, 2.05) is 18.7 Å². The van der Waals surface area contributed by atoms with Gasteiger partial charge in [0.25, 0.3) is 5.95 Å². The number of hydrogen-bond acceptors (Lipinski definition) is 8. The summed E-state index contributed by atoms with van der Waals surface area (Å²) in [5, 5.41) is 10.5. The molecule has 112 valence electrons. The van der Waals surface area contributed by atoms with Gasteiger partial charge in [0.15, 0.2) is 0 Å². The first-order chi connectivity index (χ1) is 10.3. The molecule has 21 heavy (non-hydrogen) atoms. The highest BCUT2D eigenvalue weighted by Crippen LogP contribution is 2.23. The van der Waals surface area contributed by atoms with E-state index in [0.29, 0.717) is 23.8 Å². The summed E-state index contributed by atoms with van der Waals surface area (Å²) in [5.74, 6) is 4.71. The Kier molecular flexibility index (Phi) is 4.49. The van der Waals surface area contributed by atoms with Crippen molar-refractivity contribution in [2.24, 2.45) is 5.92 Å². The van der Waals surface area contributed by atoms with Crippen LogP contribution in [0.5, 0.6) is 0 Å². The monoisotopic (exact) mass is 306 g/mol. The Labute approximate surface area is 127 Å². The van der Waals surface area contributed by atoms with Crippen molar-refractivity contribution in [1.29, 1.82) is 0 Å². The minimum absolute atomic E-state index is 0.460. The molecule has 1 saturated heterocycles. The lowest BCUT2D eigenvalue weighted by molar-refractivity contribution is 0.628. The van der Waals surface area contributed by atoms with Gasteiger partial charge < -0.3 is 10.6 Å². The molecule has 1 atom stereocenters. The highest BCUT2D eigenvalue weighted by Gasteiger charge is 2.16. The van der Waals surface area contributed by atoms with Gasteiger partial charge in [0, 0.05) is 13.1 Å². The molecule has 9 heteroatoms. The standard InChI is InChI=1S/C12H18N8S/c1-2-14-10-17-11(15-5-9-3-4-21-6-9)19-12(18-10)20-8-13-7-16-20/h7-9H,2-6H2,1H3,(H2,14,15,17,18,19). The van der Waals surface area contributed by atoms with Crippen LogP contribution in [0, 0.1) is 5.92 Å². The Hall–Kier alpha value is -1.90. The number of nitrogens with zero attached hydrogens (tertiary/aromatic N) is 6.